The molecule has 0 unspecified atom stereocenters. The zero-order valence-corrected chi connectivity index (χ0v) is 36.7. The van der Waals surface area contributed by atoms with Crippen LogP contribution in [-0.4, -0.2) is 129 Å². The van der Waals surface area contributed by atoms with E-state index in [1.165, 1.54) is 37.3 Å². The first-order chi connectivity index (χ1) is 31.7. The number of ether oxygens (including phenoxy) is 5. The van der Waals surface area contributed by atoms with Gasteiger partial charge in [0, 0.05) is 73.7 Å². The highest BCUT2D eigenvalue weighted by atomic mass is 16.6. The summed E-state index contributed by atoms with van der Waals surface area (Å²) in [5.41, 5.74) is 17.0. The molecule has 0 aliphatic carbocycles. The van der Waals surface area contributed by atoms with Crippen LogP contribution >= 0.6 is 0 Å². The van der Waals surface area contributed by atoms with Gasteiger partial charge in [-0.15, -0.1) is 0 Å². The van der Waals surface area contributed by atoms with E-state index >= 15 is 0 Å². The van der Waals surface area contributed by atoms with Crippen molar-refractivity contribution in [2.75, 3.05) is 65.8 Å². The lowest BCUT2D eigenvalue weighted by Gasteiger charge is -2.36. The minimum absolute atomic E-state index is 0.0106. The molecule has 5 rings (SSSR count). The van der Waals surface area contributed by atoms with Crippen LogP contribution in [0.1, 0.15) is 82.9 Å². The molecule has 1 spiro atoms. The summed E-state index contributed by atoms with van der Waals surface area (Å²) in [6.07, 6.45) is 1.97. The lowest BCUT2D eigenvalue weighted by atomic mass is 9.77. The van der Waals surface area contributed by atoms with E-state index in [-0.39, 0.29) is 77.1 Å². The van der Waals surface area contributed by atoms with Crippen LogP contribution in [0.3, 0.4) is 0 Å². The SMILES string of the molecule is CC(=O)[C@H](CCCN=C(N)N)NC(=O)CNC(=O)[C@@H](N)CCC(=O)NCCCOCCOCCOCCCNC(=O)c1ccc2c(c1)C(=O)OC21c2ccc(O)cc2Oc2cc(O)ccc21. The number of aliphatic imine (C=N–C) groups is 1. The molecule has 0 saturated heterocycles. The molecule has 2 aliphatic heterocycles. The first-order valence-corrected chi connectivity index (χ1v) is 21.6. The summed E-state index contributed by atoms with van der Waals surface area (Å²) in [4.78, 5) is 78.8. The summed E-state index contributed by atoms with van der Waals surface area (Å²) in [6, 6.07) is 12.0. The maximum Gasteiger partial charge on any atom is 0.340 e. The molecule has 0 fully saturated rings. The highest BCUT2D eigenvalue weighted by Crippen LogP contribution is 2.57. The van der Waals surface area contributed by atoms with Crippen molar-refractivity contribution in [2.45, 2.75) is 63.1 Å². The number of guanidine groups is 1. The van der Waals surface area contributed by atoms with E-state index < -0.39 is 35.5 Å². The molecule has 2 heterocycles. The number of aromatic hydroxyl groups is 2. The highest BCUT2D eigenvalue weighted by Gasteiger charge is 2.53. The minimum Gasteiger partial charge on any atom is -0.508 e. The van der Waals surface area contributed by atoms with Crippen LogP contribution in [-0.2, 0) is 43.7 Å². The van der Waals surface area contributed by atoms with E-state index in [4.69, 9.17) is 40.9 Å². The fraction of sp³-hybridized carbons (Fsp3) is 0.444. The van der Waals surface area contributed by atoms with E-state index in [0.29, 0.717) is 102 Å². The van der Waals surface area contributed by atoms with Crippen LogP contribution in [0.4, 0.5) is 0 Å². The molecule has 4 amide bonds. The van der Waals surface area contributed by atoms with Crippen LogP contribution in [0.15, 0.2) is 59.6 Å². The van der Waals surface area contributed by atoms with Gasteiger partial charge in [-0.3, -0.25) is 29.0 Å². The number of nitrogens with zero attached hydrogens (tertiary/aromatic N) is 1. The number of amides is 4. The molecule has 21 heteroatoms. The second-order valence-electron chi connectivity index (χ2n) is 15.5. The fourth-order valence-corrected chi connectivity index (χ4v) is 7.20. The molecular formula is C45H58N8O13. The van der Waals surface area contributed by atoms with E-state index in [9.17, 15) is 39.0 Å². The Bertz CT molecular complexity index is 2200. The molecule has 0 radical (unpaired) electrons. The molecule has 0 bridgehead atoms. The smallest absolute Gasteiger partial charge is 0.340 e. The molecule has 21 nitrogen and oxygen atoms in total. The van der Waals surface area contributed by atoms with Gasteiger partial charge in [-0.2, -0.15) is 0 Å². The van der Waals surface area contributed by atoms with Gasteiger partial charge in [0.05, 0.1) is 50.6 Å². The summed E-state index contributed by atoms with van der Waals surface area (Å²) in [7, 11) is 0. The summed E-state index contributed by atoms with van der Waals surface area (Å²) in [5.74, 6) is -2.34. The zero-order chi connectivity index (χ0) is 47.6. The Kier molecular flexibility index (Phi) is 18.6. The fourth-order valence-electron chi connectivity index (χ4n) is 7.20. The molecule has 3 aromatic carbocycles. The first kappa shape index (κ1) is 50.2. The number of Topliss-reactive ketones (excluding diaryl/α,β-unsaturated/α-hetero) is 1. The van der Waals surface area contributed by atoms with Crippen LogP contribution in [0, 0.1) is 0 Å². The molecule has 2 atom stereocenters. The topological polar surface area (TPSA) is 328 Å². The average Bonchev–Trinajstić information content (AvgIpc) is 3.57. The van der Waals surface area contributed by atoms with E-state index in [1.54, 1.807) is 24.3 Å². The van der Waals surface area contributed by atoms with E-state index in [1.807, 2.05) is 0 Å². The lowest BCUT2D eigenvalue weighted by molar-refractivity contribution is -0.129. The quantitative estimate of drug-likeness (QED) is 0.0220. The molecule has 0 saturated carbocycles. The van der Waals surface area contributed by atoms with Gasteiger partial charge in [-0.25, -0.2) is 4.79 Å². The molecule has 3 aromatic rings. The number of hydrogen-bond acceptors (Lipinski definition) is 15. The van der Waals surface area contributed by atoms with Crippen LogP contribution < -0.4 is 43.2 Å². The Morgan fingerprint density at radius 3 is 1.94 bits per heavy atom. The lowest BCUT2D eigenvalue weighted by Crippen LogP contribution is -2.48. The molecule has 2 aliphatic rings. The van der Waals surface area contributed by atoms with Gasteiger partial charge in [0.25, 0.3) is 5.91 Å². The number of benzene rings is 3. The number of nitrogens with one attached hydrogen (secondary N) is 4. The number of fused-ring (bicyclic) bond motifs is 6. The first-order valence-electron chi connectivity index (χ1n) is 21.6. The predicted octanol–water partition coefficient (Wildman–Crippen LogP) is 0.693. The van der Waals surface area contributed by atoms with Crippen LogP contribution in [0.5, 0.6) is 23.0 Å². The Labute approximate surface area is 381 Å². The number of phenols is 2. The summed E-state index contributed by atoms with van der Waals surface area (Å²) >= 11 is 0. The van der Waals surface area contributed by atoms with Crippen LogP contribution in [0.25, 0.3) is 0 Å². The number of hydrogen-bond donors (Lipinski definition) is 9. The van der Waals surface area contributed by atoms with Gasteiger partial charge in [0.1, 0.15) is 23.0 Å². The van der Waals surface area contributed by atoms with Crippen molar-refractivity contribution in [3.63, 3.8) is 0 Å². The summed E-state index contributed by atoms with van der Waals surface area (Å²) in [6.45, 7) is 4.13. The molecule has 12 N–H and O–H groups in total. The normalized spacial score (nSPS) is 13.8. The number of rotatable bonds is 27. The van der Waals surface area contributed by atoms with E-state index in [0.717, 1.165) is 0 Å². The number of esters is 1. The zero-order valence-electron chi connectivity index (χ0n) is 36.7. The van der Waals surface area contributed by atoms with Gasteiger partial charge in [-0.1, -0.05) is 6.07 Å². The van der Waals surface area contributed by atoms with Gasteiger partial charge in [0.2, 0.25) is 17.7 Å². The monoisotopic (exact) mass is 918 g/mol. The number of ketones is 1. The summed E-state index contributed by atoms with van der Waals surface area (Å²) in [5, 5.41) is 30.8. The maximum absolute atomic E-state index is 13.3. The average molecular weight is 919 g/mol. The highest BCUT2D eigenvalue weighted by molar-refractivity contribution is 6.01. The van der Waals surface area contributed by atoms with Crippen molar-refractivity contribution in [2.24, 2.45) is 22.2 Å². The number of nitrogens with two attached hydrogens (primary N) is 3. The van der Waals surface area contributed by atoms with E-state index in [2.05, 4.69) is 26.3 Å². The van der Waals surface area contributed by atoms with Crippen LogP contribution in [0.2, 0.25) is 0 Å². The minimum atomic E-state index is -1.42. The molecule has 356 valence electrons. The predicted molar refractivity (Wildman–Crippen MR) is 238 cm³/mol. The Balaban J connectivity index is 0.867. The second-order valence-corrected chi connectivity index (χ2v) is 15.5. The van der Waals surface area contributed by atoms with Crippen molar-refractivity contribution in [3.8, 4) is 23.0 Å². The Morgan fingerprint density at radius 2 is 1.33 bits per heavy atom. The number of carbonyl (C=O) groups is 6. The van der Waals surface area contributed by atoms with Gasteiger partial charge >= 0.3 is 5.97 Å². The number of carbonyl (C=O) groups excluding carboxylic acids is 6. The molecular weight excluding hydrogens is 861 g/mol. The molecule has 0 aromatic heterocycles. The maximum atomic E-state index is 13.3. The Hall–Kier alpha value is -6.81. The third kappa shape index (κ3) is 13.8. The van der Waals surface area contributed by atoms with Gasteiger partial charge < -0.3 is 72.4 Å². The largest absolute Gasteiger partial charge is 0.508 e. The van der Waals surface area contributed by atoms with Crippen molar-refractivity contribution in [1.82, 2.24) is 21.3 Å². The number of phenolic OH excluding ortho intramolecular Hbond substituents is 2. The van der Waals surface area contributed by atoms with Crippen molar-refractivity contribution < 1.29 is 62.7 Å². The molecule has 66 heavy (non-hydrogen) atoms. The third-order valence-corrected chi connectivity index (χ3v) is 10.5. The van der Waals surface area contributed by atoms with Crippen molar-refractivity contribution in [1.29, 1.82) is 0 Å². The van der Waals surface area contributed by atoms with Gasteiger partial charge in [-0.05, 0) is 75.4 Å². The Morgan fingerprint density at radius 1 is 0.742 bits per heavy atom. The van der Waals surface area contributed by atoms with Crippen molar-refractivity contribution >= 4 is 41.3 Å². The standard InChI is InChI=1S/C45H58N8O13/c1-27(54)36(5-2-14-51-44(47)48)53-40(58)26-52-42(60)35(46)12-13-39(57)49-15-3-17-62-19-21-64-22-20-63-18-4-16-50-41(59)28-6-9-32-31(23-28)43(61)66-45(32)33-10-7-29(55)24-37(33)65-38-25-30(56)8-11-34(38)45/h6-11,23-25,35-36,55-56H,2-5,12-22,26,46H2,1H3,(H,49,57)(H,50,59)(H,52,60)(H,53,58)(H4,47,48,51)/t35-,36-/m0/s1. The third-order valence-electron chi connectivity index (χ3n) is 10.5. The second kappa shape index (κ2) is 24.5. The van der Waals surface area contributed by atoms with Crippen molar-refractivity contribution in [3.05, 3.63) is 82.4 Å². The summed E-state index contributed by atoms with van der Waals surface area (Å²) < 4.78 is 28.7. The van der Waals surface area contributed by atoms with Gasteiger partial charge in [0.15, 0.2) is 17.3 Å².